The van der Waals surface area contributed by atoms with Crippen LogP contribution in [0, 0.1) is 11.8 Å². The first-order valence-electron chi connectivity index (χ1n) is 15.0. The van der Waals surface area contributed by atoms with Gasteiger partial charge in [-0.3, -0.25) is 9.69 Å². The molecule has 4 aliphatic rings. The molecule has 0 bridgehead atoms. The highest BCUT2D eigenvalue weighted by Crippen LogP contribution is 2.33. The van der Waals surface area contributed by atoms with Gasteiger partial charge in [0.1, 0.15) is 5.54 Å². The van der Waals surface area contributed by atoms with Crippen LogP contribution in [0.3, 0.4) is 0 Å². The summed E-state index contributed by atoms with van der Waals surface area (Å²) < 4.78 is 0. The molecule has 3 fully saturated rings. The summed E-state index contributed by atoms with van der Waals surface area (Å²) in [5, 5.41) is 13.0. The van der Waals surface area contributed by atoms with E-state index in [-0.39, 0.29) is 11.9 Å². The molecule has 4 rings (SSSR count). The van der Waals surface area contributed by atoms with Crippen LogP contribution in [0.2, 0.25) is 0 Å². The van der Waals surface area contributed by atoms with Gasteiger partial charge in [-0.05, 0) is 103 Å². The predicted octanol–water partition coefficient (Wildman–Crippen LogP) is 5.79. The van der Waals surface area contributed by atoms with Crippen LogP contribution in [-0.4, -0.2) is 64.2 Å². The fourth-order valence-electron chi connectivity index (χ4n) is 6.92. The number of likely N-dealkylation sites (tertiary alicyclic amines) is 1. The standard InChI is InChI=1S/C30H51N3O3/c1-29(2,36)17-8-12-25-15-13-24(14-16-25)9-6-7-20-32-21-18-30(19-22-32)27(34)33(28(35)31-30)23-26-10-4-3-5-11-26/h15,24,26,36H,3-14,16-23H2,1-2H3,(H,31,35). The second-order valence-corrected chi connectivity index (χ2v) is 12.9. The van der Waals surface area contributed by atoms with Crippen molar-refractivity contribution in [2.24, 2.45) is 11.8 Å². The molecule has 0 aromatic rings. The lowest BCUT2D eigenvalue weighted by molar-refractivity contribution is -0.133. The van der Waals surface area contributed by atoms with Crippen molar-refractivity contribution in [3.05, 3.63) is 11.6 Å². The SMILES string of the molecule is CC(C)(O)CCCC1=CCC(CCCCN2CCC3(CC2)NC(=O)N(CC2CCCCC2)C3=O)CC1. The van der Waals surface area contributed by atoms with Crippen LogP contribution in [0.4, 0.5) is 4.79 Å². The van der Waals surface area contributed by atoms with E-state index in [4.69, 9.17) is 0 Å². The molecule has 1 saturated carbocycles. The zero-order valence-corrected chi connectivity index (χ0v) is 23.0. The third-order valence-corrected chi connectivity index (χ3v) is 9.36. The minimum atomic E-state index is -0.638. The van der Waals surface area contributed by atoms with Crippen molar-refractivity contribution in [2.75, 3.05) is 26.2 Å². The Morgan fingerprint density at radius 3 is 2.44 bits per heavy atom. The largest absolute Gasteiger partial charge is 0.390 e. The smallest absolute Gasteiger partial charge is 0.325 e. The van der Waals surface area contributed by atoms with Gasteiger partial charge >= 0.3 is 6.03 Å². The maximum atomic E-state index is 13.2. The van der Waals surface area contributed by atoms with Gasteiger partial charge in [0.25, 0.3) is 5.91 Å². The number of aliphatic hydroxyl groups is 1. The molecule has 2 N–H and O–H groups in total. The van der Waals surface area contributed by atoms with Crippen molar-refractivity contribution in [3.8, 4) is 0 Å². The Labute approximate surface area is 219 Å². The van der Waals surface area contributed by atoms with Crippen molar-refractivity contribution in [2.45, 2.75) is 128 Å². The lowest BCUT2D eigenvalue weighted by Gasteiger charge is -2.37. The Bertz CT molecular complexity index is 773. The monoisotopic (exact) mass is 501 g/mol. The lowest BCUT2D eigenvalue weighted by atomic mass is 9.84. The Hall–Kier alpha value is -1.40. The molecule has 0 radical (unpaired) electrons. The zero-order chi connectivity index (χ0) is 25.6. The van der Waals surface area contributed by atoms with Gasteiger partial charge in [-0.1, -0.05) is 43.8 Å². The number of carbonyl (C=O) groups is 2. The first kappa shape index (κ1) is 27.6. The van der Waals surface area contributed by atoms with Gasteiger partial charge in [0, 0.05) is 19.6 Å². The number of imide groups is 1. The molecule has 0 aromatic heterocycles. The second-order valence-electron chi connectivity index (χ2n) is 12.9. The molecule has 204 valence electrons. The van der Waals surface area contributed by atoms with E-state index in [1.165, 1.54) is 57.8 Å². The minimum absolute atomic E-state index is 0.0440. The molecular formula is C30H51N3O3. The number of piperidine rings is 1. The Kier molecular flexibility index (Phi) is 9.54. The summed E-state index contributed by atoms with van der Waals surface area (Å²) in [4.78, 5) is 29.9. The van der Waals surface area contributed by atoms with Crippen LogP contribution in [0.5, 0.6) is 0 Å². The normalized spacial score (nSPS) is 25.9. The van der Waals surface area contributed by atoms with Gasteiger partial charge in [-0.25, -0.2) is 4.79 Å². The van der Waals surface area contributed by atoms with Gasteiger partial charge < -0.3 is 15.3 Å². The summed E-state index contributed by atoms with van der Waals surface area (Å²) in [5.41, 5.74) is 0.423. The molecule has 0 aromatic carbocycles. The van der Waals surface area contributed by atoms with Crippen molar-refractivity contribution < 1.29 is 14.7 Å². The maximum absolute atomic E-state index is 13.2. The van der Waals surface area contributed by atoms with E-state index in [1.54, 1.807) is 10.5 Å². The number of hydrogen-bond acceptors (Lipinski definition) is 4. The molecule has 2 heterocycles. The van der Waals surface area contributed by atoms with Crippen molar-refractivity contribution in [3.63, 3.8) is 0 Å². The van der Waals surface area contributed by atoms with E-state index >= 15 is 0 Å². The fraction of sp³-hybridized carbons (Fsp3) is 0.867. The highest BCUT2D eigenvalue weighted by molar-refractivity contribution is 6.07. The number of carbonyl (C=O) groups excluding carboxylic acids is 2. The molecular weight excluding hydrogens is 450 g/mol. The molecule has 2 saturated heterocycles. The number of unbranched alkanes of at least 4 members (excludes halogenated alkanes) is 1. The number of hydrogen-bond donors (Lipinski definition) is 2. The topological polar surface area (TPSA) is 72.9 Å². The Balaban J connectivity index is 1.10. The van der Waals surface area contributed by atoms with E-state index in [0.29, 0.717) is 12.5 Å². The van der Waals surface area contributed by atoms with E-state index in [9.17, 15) is 14.7 Å². The molecule has 6 heteroatoms. The van der Waals surface area contributed by atoms with E-state index < -0.39 is 11.1 Å². The third kappa shape index (κ3) is 7.56. The molecule has 2 aliphatic heterocycles. The summed E-state index contributed by atoms with van der Waals surface area (Å²) in [5.74, 6) is 1.37. The average molecular weight is 502 g/mol. The van der Waals surface area contributed by atoms with Crippen LogP contribution in [-0.2, 0) is 4.79 Å². The number of rotatable bonds is 11. The number of nitrogens with one attached hydrogen (secondary N) is 1. The lowest BCUT2D eigenvalue weighted by Crippen LogP contribution is -2.55. The molecule has 3 amide bonds. The van der Waals surface area contributed by atoms with E-state index in [1.807, 2.05) is 13.8 Å². The fourth-order valence-corrected chi connectivity index (χ4v) is 6.92. The predicted molar refractivity (Wildman–Crippen MR) is 145 cm³/mol. The van der Waals surface area contributed by atoms with Crippen LogP contribution < -0.4 is 5.32 Å². The highest BCUT2D eigenvalue weighted by atomic mass is 16.3. The number of urea groups is 1. The summed E-state index contributed by atoms with van der Waals surface area (Å²) in [7, 11) is 0. The highest BCUT2D eigenvalue weighted by Gasteiger charge is 2.52. The minimum Gasteiger partial charge on any atom is -0.390 e. The summed E-state index contributed by atoms with van der Waals surface area (Å²) >= 11 is 0. The zero-order valence-electron chi connectivity index (χ0n) is 23.0. The van der Waals surface area contributed by atoms with Gasteiger partial charge in [0.05, 0.1) is 5.60 Å². The van der Waals surface area contributed by atoms with Crippen molar-refractivity contribution in [1.29, 1.82) is 0 Å². The average Bonchev–Trinajstić information content (AvgIpc) is 3.08. The van der Waals surface area contributed by atoms with Gasteiger partial charge in [0.2, 0.25) is 0 Å². The third-order valence-electron chi connectivity index (χ3n) is 9.36. The van der Waals surface area contributed by atoms with E-state index in [0.717, 1.165) is 70.5 Å². The van der Waals surface area contributed by atoms with Crippen molar-refractivity contribution in [1.82, 2.24) is 15.1 Å². The van der Waals surface area contributed by atoms with Gasteiger partial charge in [0.15, 0.2) is 0 Å². The molecule has 36 heavy (non-hydrogen) atoms. The molecule has 6 nitrogen and oxygen atoms in total. The second kappa shape index (κ2) is 12.4. The van der Waals surface area contributed by atoms with Crippen molar-refractivity contribution >= 4 is 11.9 Å². The first-order valence-corrected chi connectivity index (χ1v) is 15.0. The summed E-state index contributed by atoms with van der Waals surface area (Å²) in [6.07, 6.45) is 20.8. The molecule has 1 unspecified atom stereocenters. The van der Waals surface area contributed by atoms with Crippen LogP contribution >= 0.6 is 0 Å². The number of nitrogens with zero attached hydrogens (tertiary/aromatic N) is 2. The van der Waals surface area contributed by atoms with E-state index in [2.05, 4.69) is 16.3 Å². The van der Waals surface area contributed by atoms with Gasteiger partial charge in [-0.15, -0.1) is 0 Å². The first-order chi connectivity index (χ1) is 17.2. The van der Waals surface area contributed by atoms with Crippen LogP contribution in [0.1, 0.15) is 117 Å². The number of allylic oxidation sites excluding steroid dienone is 2. The van der Waals surface area contributed by atoms with Gasteiger partial charge in [-0.2, -0.15) is 0 Å². The molecule has 1 atom stereocenters. The summed E-state index contributed by atoms with van der Waals surface area (Å²) in [6.45, 7) is 7.34. The molecule has 1 spiro atoms. The Morgan fingerprint density at radius 1 is 1.03 bits per heavy atom. The maximum Gasteiger partial charge on any atom is 0.325 e. The van der Waals surface area contributed by atoms with Crippen LogP contribution in [0.15, 0.2) is 11.6 Å². The molecule has 2 aliphatic carbocycles. The quantitative estimate of drug-likeness (QED) is 0.213. The number of amides is 3. The Morgan fingerprint density at radius 2 is 1.78 bits per heavy atom. The van der Waals surface area contributed by atoms with Crippen LogP contribution in [0.25, 0.3) is 0 Å². The summed E-state index contributed by atoms with van der Waals surface area (Å²) in [6, 6.07) is -0.152.